The fourth-order valence-corrected chi connectivity index (χ4v) is 4.31. The fraction of sp³-hybridized carbons (Fsp3) is 0.462. The molecule has 1 heteroatoms. The summed E-state index contributed by atoms with van der Waals surface area (Å²) in [5.41, 5.74) is 8.64. The molecule has 0 aliphatic heterocycles. The summed E-state index contributed by atoms with van der Waals surface area (Å²) >= 11 is 0. The zero-order chi connectivity index (χ0) is 19.8. The molecule has 144 valence electrons. The van der Waals surface area contributed by atoms with Gasteiger partial charge >= 0.3 is 0 Å². The van der Waals surface area contributed by atoms with Gasteiger partial charge in [0.2, 0.25) is 0 Å². The molecule has 0 radical (unpaired) electrons. The SMILES string of the molecule is C/C1=C(\NC(C)(C)C)c2ccccc2C(CC(C)(C)C)Cc2ccccc21. The molecule has 1 nitrogen and oxygen atoms in total. The highest BCUT2D eigenvalue weighted by Crippen LogP contribution is 2.41. The van der Waals surface area contributed by atoms with Crippen molar-refractivity contribution in [3.05, 3.63) is 70.8 Å². The summed E-state index contributed by atoms with van der Waals surface area (Å²) in [7, 11) is 0. The summed E-state index contributed by atoms with van der Waals surface area (Å²) in [5.74, 6) is 0.521. The van der Waals surface area contributed by atoms with E-state index in [-0.39, 0.29) is 5.54 Å². The highest BCUT2D eigenvalue weighted by Gasteiger charge is 2.28. The summed E-state index contributed by atoms with van der Waals surface area (Å²) in [6.07, 6.45) is 2.28. The highest BCUT2D eigenvalue weighted by molar-refractivity contribution is 5.91. The van der Waals surface area contributed by atoms with Crippen LogP contribution >= 0.6 is 0 Å². The van der Waals surface area contributed by atoms with Crippen molar-refractivity contribution in [2.24, 2.45) is 5.41 Å². The maximum atomic E-state index is 3.84. The van der Waals surface area contributed by atoms with Crippen molar-refractivity contribution in [2.45, 2.75) is 72.8 Å². The van der Waals surface area contributed by atoms with Crippen LogP contribution in [0.4, 0.5) is 0 Å². The van der Waals surface area contributed by atoms with Gasteiger partial charge in [-0.05, 0) is 74.1 Å². The van der Waals surface area contributed by atoms with Gasteiger partial charge in [-0.15, -0.1) is 0 Å². The van der Waals surface area contributed by atoms with Crippen molar-refractivity contribution in [1.29, 1.82) is 0 Å². The Bertz CT molecular complexity index is 843. The first-order valence-electron chi connectivity index (χ1n) is 10.2. The Labute approximate surface area is 165 Å². The Morgan fingerprint density at radius 1 is 0.852 bits per heavy atom. The van der Waals surface area contributed by atoms with E-state index in [4.69, 9.17) is 0 Å². The van der Waals surface area contributed by atoms with Crippen molar-refractivity contribution in [2.75, 3.05) is 0 Å². The lowest BCUT2D eigenvalue weighted by Gasteiger charge is -2.34. The van der Waals surface area contributed by atoms with Crippen molar-refractivity contribution in [3.8, 4) is 0 Å². The number of allylic oxidation sites excluding steroid dienone is 1. The summed E-state index contributed by atoms with van der Waals surface area (Å²) in [4.78, 5) is 0. The molecule has 27 heavy (non-hydrogen) atoms. The lowest BCUT2D eigenvalue weighted by Crippen LogP contribution is -2.35. The van der Waals surface area contributed by atoms with Gasteiger partial charge in [0.15, 0.2) is 0 Å². The third-order valence-corrected chi connectivity index (χ3v) is 5.29. The van der Waals surface area contributed by atoms with Crippen LogP contribution in [0.5, 0.6) is 0 Å². The van der Waals surface area contributed by atoms with Gasteiger partial charge < -0.3 is 5.32 Å². The Morgan fingerprint density at radius 2 is 1.44 bits per heavy atom. The molecule has 2 aromatic rings. The van der Waals surface area contributed by atoms with Crippen LogP contribution in [0.3, 0.4) is 0 Å². The van der Waals surface area contributed by atoms with Gasteiger partial charge in [-0.2, -0.15) is 0 Å². The molecule has 1 aliphatic rings. The van der Waals surface area contributed by atoms with Crippen LogP contribution in [0, 0.1) is 5.41 Å². The molecule has 0 amide bonds. The molecule has 0 spiro atoms. The Kier molecular flexibility index (Phi) is 5.25. The van der Waals surface area contributed by atoms with Gasteiger partial charge in [0.05, 0.1) is 0 Å². The van der Waals surface area contributed by atoms with E-state index < -0.39 is 0 Å². The highest BCUT2D eigenvalue weighted by atomic mass is 15.0. The molecular weight excluding hydrogens is 326 g/mol. The second kappa shape index (κ2) is 7.19. The number of rotatable bonds is 2. The normalized spacial score (nSPS) is 20.3. The predicted molar refractivity (Wildman–Crippen MR) is 119 cm³/mol. The van der Waals surface area contributed by atoms with Crippen LogP contribution in [0.2, 0.25) is 0 Å². The molecule has 0 saturated carbocycles. The molecule has 0 saturated heterocycles. The zero-order valence-corrected chi connectivity index (χ0v) is 18.1. The third kappa shape index (κ3) is 4.64. The van der Waals surface area contributed by atoms with Gasteiger partial charge in [-0.1, -0.05) is 69.3 Å². The summed E-state index contributed by atoms with van der Waals surface area (Å²) in [5, 5.41) is 3.84. The van der Waals surface area contributed by atoms with E-state index in [9.17, 15) is 0 Å². The molecule has 1 N–H and O–H groups in total. The summed E-state index contributed by atoms with van der Waals surface area (Å²) < 4.78 is 0. The lowest BCUT2D eigenvalue weighted by atomic mass is 9.74. The van der Waals surface area contributed by atoms with Crippen LogP contribution in [0.1, 0.15) is 83.1 Å². The maximum absolute atomic E-state index is 3.84. The Hall–Kier alpha value is -2.02. The third-order valence-electron chi connectivity index (χ3n) is 5.29. The molecular formula is C26H35N. The molecule has 0 bridgehead atoms. The molecule has 0 fully saturated rings. The van der Waals surface area contributed by atoms with Crippen LogP contribution in [0.25, 0.3) is 11.3 Å². The molecule has 0 aromatic heterocycles. The zero-order valence-electron chi connectivity index (χ0n) is 18.1. The molecule has 1 unspecified atom stereocenters. The summed E-state index contributed by atoms with van der Waals surface area (Å²) in [6.45, 7) is 16.1. The Balaban J connectivity index is 2.27. The van der Waals surface area contributed by atoms with Crippen LogP contribution in [0.15, 0.2) is 48.5 Å². The topological polar surface area (TPSA) is 12.0 Å². The number of fused-ring (bicyclic) bond motifs is 2. The first-order valence-corrected chi connectivity index (χ1v) is 10.2. The minimum absolute atomic E-state index is 0.0113. The van der Waals surface area contributed by atoms with Gasteiger partial charge in [-0.3, -0.25) is 0 Å². The fourth-order valence-electron chi connectivity index (χ4n) is 4.31. The number of hydrogen-bond donors (Lipinski definition) is 1. The van der Waals surface area contributed by atoms with Gasteiger partial charge in [0.1, 0.15) is 0 Å². The van der Waals surface area contributed by atoms with Gasteiger partial charge in [-0.25, -0.2) is 0 Å². The maximum Gasteiger partial charge on any atom is 0.0456 e. The van der Waals surface area contributed by atoms with E-state index >= 15 is 0 Å². The molecule has 1 aliphatic carbocycles. The van der Waals surface area contributed by atoms with Gasteiger partial charge in [0, 0.05) is 16.8 Å². The van der Waals surface area contributed by atoms with Crippen LogP contribution in [-0.2, 0) is 6.42 Å². The van der Waals surface area contributed by atoms with Crippen molar-refractivity contribution in [1.82, 2.24) is 5.32 Å². The molecule has 1 atom stereocenters. The van der Waals surface area contributed by atoms with E-state index in [1.54, 1.807) is 0 Å². The quantitative estimate of drug-likeness (QED) is 0.605. The van der Waals surface area contributed by atoms with Crippen molar-refractivity contribution >= 4 is 11.3 Å². The van der Waals surface area contributed by atoms with E-state index in [2.05, 4.69) is 102 Å². The average molecular weight is 362 g/mol. The van der Waals surface area contributed by atoms with E-state index in [1.165, 1.54) is 39.9 Å². The predicted octanol–water partition coefficient (Wildman–Crippen LogP) is 7.04. The Morgan fingerprint density at radius 3 is 2.07 bits per heavy atom. The van der Waals surface area contributed by atoms with Crippen LogP contribution in [-0.4, -0.2) is 5.54 Å². The smallest absolute Gasteiger partial charge is 0.0456 e. The van der Waals surface area contributed by atoms with E-state index in [0.29, 0.717) is 11.3 Å². The van der Waals surface area contributed by atoms with Gasteiger partial charge in [0.25, 0.3) is 0 Å². The van der Waals surface area contributed by atoms with E-state index in [0.717, 1.165) is 6.42 Å². The second-order valence-corrected chi connectivity index (χ2v) is 10.3. The van der Waals surface area contributed by atoms with E-state index in [1.807, 2.05) is 0 Å². The minimum atomic E-state index is 0.0113. The number of hydrogen-bond acceptors (Lipinski definition) is 1. The van der Waals surface area contributed by atoms with Crippen LogP contribution < -0.4 is 5.32 Å². The van der Waals surface area contributed by atoms with Crippen molar-refractivity contribution in [3.63, 3.8) is 0 Å². The number of nitrogens with one attached hydrogen (secondary N) is 1. The molecule has 0 heterocycles. The standard InChI is InChI=1S/C26H35N/c1-18-21-13-9-8-12-19(21)16-20(17-25(2,3)4)22-14-10-11-15-23(22)24(18)27-26(5,6)7/h8-15,20,27H,16-17H2,1-7H3/b24-18+. The monoisotopic (exact) mass is 361 g/mol. The van der Waals surface area contributed by atoms with Crippen molar-refractivity contribution < 1.29 is 0 Å². The largest absolute Gasteiger partial charge is 0.380 e. The number of benzene rings is 2. The summed E-state index contributed by atoms with van der Waals surface area (Å²) in [6, 6.07) is 18.0. The first kappa shape index (κ1) is 19.7. The minimum Gasteiger partial charge on any atom is -0.380 e. The second-order valence-electron chi connectivity index (χ2n) is 10.3. The lowest BCUT2D eigenvalue weighted by molar-refractivity contribution is 0.337. The average Bonchev–Trinajstić information content (AvgIpc) is 2.56. The molecule has 2 aromatic carbocycles. The molecule has 3 rings (SSSR count). The first-order chi connectivity index (χ1) is 12.6.